The molecule has 2 amide bonds. The van der Waals surface area contributed by atoms with Crippen LogP contribution >= 0.6 is 11.6 Å². The van der Waals surface area contributed by atoms with Crippen LogP contribution in [0.15, 0.2) is 24.3 Å². The van der Waals surface area contributed by atoms with E-state index in [1.165, 1.54) is 0 Å². The van der Waals surface area contributed by atoms with Crippen LogP contribution in [0.1, 0.15) is 36.0 Å². The smallest absolute Gasteiger partial charge is 0.253 e. The van der Waals surface area contributed by atoms with Gasteiger partial charge in [-0.05, 0) is 62.3 Å². The number of carbonyl (C=O) groups excluding carboxylic acids is 2. The highest BCUT2D eigenvalue weighted by molar-refractivity contribution is 6.30. The van der Waals surface area contributed by atoms with Crippen molar-refractivity contribution in [2.45, 2.75) is 25.7 Å². The second kappa shape index (κ2) is 6.78. The fourth-order valence-corrected chi connectivity index (χ4v) is 6.16. The van der Waals surface area contributed by atoms with E-state index in [1.807, 2.05) is 17.0 Å². The zero-order valence-corrected chi connectivity index (χ0v) is 16.9. The number of halogens is 1. The van der Waals surface area contributed by atoms with Crippen molar-refractivity contribution in [3.63, 3.8) is 0 Å². The molecule has 2 aliphatic heterocycles. The number of rotatable bonds is 2. The van der Waals surface area contributed by atoms with E-state index in [0.717, 1.165) is 51.9 Å². The molecular formula is C21H28ClN3O2. The van der Waals surface area contributed by atoms with Gasteiger partial charge in [-0.15, -0.1) is 0 Å². The van der Waals surface area contributed by atoms with Gasteiger partial charge in [0.2, 0.25) is 5.91 Å². The van der Waals surface area contributed by atoms with Gasteiger partial charge in [0.25, 0.3) is 5.91 Å². The van der Waals surface area contributed by atoms with E-state index in [-0.39, 0.29) is 22.6 Å². The van der Waals surface area contributed by atoms with Gasteiger partial charge in [-0.2, -0.15) is 0 Å². The normalized spacial score (nSPS) is 29.7. The second-order valence-electron chi connectivity index (χ2n) is 8.65. The molecule has 3 aliphatic rings. The van der Waals surface area contributed by atoms with Crippen molar-refractivity contribution in [3.8, 4) is 0 Å². The number of nitrogens with zero attached hydrogens (tertiary/aromatic N) is 2. The Morgan fingerprint density at radius 2 is 1.93 bits per heavy atom. The lowest BCUT2D eigenvalue weighted by Crippen LogP contribution is -2.49. The van der Waals surface area contributed by atoms with Gasteiger partial charge >= 0.3 is 0 Å². The average Bonchev–Trinajstić information content (AvgIpc) is 3.16. The minimum Gasteiger partial charge on any atom is -0.359 e. The minimum atomic E-state index is -0.247. The van der Waals surface area contributed by atoms with Crippen LogP contribution < -0.4 is 5.32 Å². The van der Waals surface area contributed by atoms with Gasteiger partial charge in [-0.3, -0.25) is 9.59 Å². The zero-order valence-electron chi connectivity index (χ0n) is 16.1. The van der Waals surface area contributed by atoms with Crippen LogP contribution in [-0.2, 0) is 4.79 Å². The average molecular weight is 390 g/mol. The van der Waals surface area contributed by atoms with Gasteiger partial charge in [0.1, 0.15) is 0 Å². The van der Waals surface area contributed by atoms with Crippen LogP contribution in [0, 0.1) is 16.7 Å². The molecule has 27 heavy (non-hydrogen) atoms. The number of nitrogens with one attached hydrogen (secondary N) is 1. The maximum atomic E-state index is 12.8. The molecular weight excluding hydrogens is 362 g/mol. The summed E-state index contributed by atoms with van der Waals surface area (Å²) in [6, 6.07) is 7.18. The molecule has 1 spiro atoms. The van der Waals surface area contributed by atoms with Crippen LogP contribution in [0.25, 0.3) is 0 Å². The van der Waals surface area contributed by atoms with Gasteiger partial charge in [-0.1, -0.05) is 17.7 Å². The molecule has 0 bridgehead atoms. The van der Waals surface area contributed by atoms with E-state index in [1.54, 1.807) is 19.2 Å². The number of likely N-dealkylation sites (tertiary alicyclic amines) is 2. The highest BCUT2D eigenvalue weighted by Crippen LogP contribution is 2.61. The molecule has 1 saturated carbocycles. The van der Waals surface area contributed by atoms with Gasteiger partial charge < -0.3 is 15.1 Å². The van der Waals surface area contributed by atoms with E-state index in [4.69, 9.17) is 11.6 Å². The summed E-state index contributed by atoms with van der Waals surface area (Å²) in [7, 11) is 3.87. The SMILES string of the molecule is CNC(=O)[C@@]12CCC3(CCN(C(=O)c4cccc(Cl)c4)CC3)[C@@H]1CN(C)C2. The van der Waals surface area contributed by atoms with E-state index in [2.05, 4.69) is 17.3 Å². The first-order chi connectivity index (χ1) is 12.9. The molecule has 6 heteroatoms. The summed E-state index contributed by atoms with van der Waals surface area (Å²) < 4.78 is 0. The van der Waals surface area contributed by atoms with Crippen LogP contribution in [0.2, 0.25) is 5.02 Å². The van der Waals surface area contributed by atoms with Crippen molar-refractivity contribution in [3.05, 3.63) is 34.9 Å². The van der Waals surface area contributed by atoms with E-state index in [0.29, 0.717) is 16.5 Å². The van der Waals surface area contributed by atoms with Gasteiger partial charge in [0, 0.05) is 43.8 Å². The molecule has 3 fully saturated rings. The standard InChI is InChI=1S/C21H28ClN3O2/c1-23-19(27)21-7-6-20(17(21)13-24(2)14-21)8-10-25(11-9-20)18(26)15-4-3-5-16(22)12-15/h3-5,12,17H,6-11,13-14H2,1-2H3,(H,23,27)/t17-,21+/m0/s1. The fourth-order valence-electron chi connectivity index (χ4n) is 5.97. The van der Waals surface area contributed by atoms with Gasteiger partial charge in [-0.25, -0.2) is 0 Å². The molecule has 0 aromatic heterocycles. The molecule has 0 radical (unpaired) electrons. The second-order valence-corrected chi connectivity index (χ2v) is 9.09. The van der Waals surface area contributed by atoms with Crippen LogP contribution in [0.3, 0.4) is 0 Å². The summed E-state index contributed by atoms with van der Waals surface area (Å²) in [5.74, 6) is 0.649. The number of fused-ring (bicyclic) bond motifs is 2. The Bertz CT molecular complexity index is 760. The Labute approximate surface area is 166 Å². The molecule has 2 atom stereocenters. The molecule has 0 unspecified atom stereocenters. The third-order valence-electron chi connectivity index (χ3n) is 7.32. The first kappa shape index (κ1) is 18.8. The third-order valence-corrected chi connectivity index (χ3v) is 7.55. The summed E-state index contributed by atoms with van der Waals surface area (Å²) in [5.41, 5.74) is 0.593. The maximum absolute atomic E-state index is 12.8. The molecule has 1 aromatic rings. The Hall–Kier alpha value is -1.59. The molecule has 5 nitrogen and oxygen atoms in total. The Morgan fingerprint density at radius 1 is 1.19 bits per heavy atom. The maximum Gasteiger partial charge on any atom is 0.253 e. The van der Waals surface area contributed by atoms with Crippen molar-refractivity contribution >= 4 is 23.4 Å². The number of carbonyl (C=O) groups is 2. The van der Waals surface area contributed by atoms with Crippen molar-refractivity contribution in [2.24, 2.45) is 16.7 Å². The summed E-state index contributed by atoms with van der Waals surface area (Å²) in [6.45, 7) is 3.35. The summed E-state index contributed by atoms with van der Waals surface area (Å²) in [4.78, 5) is 29.9. The van der Waals surface area contributed by atoms with Crippen molar-refractivity contribution in [2.75, 3.05) is 40.3 Å². The fraction of sp³-hybridized carbons (Fsp3) is 0.619. The van der Waals surface area contributed by atoms with Gasteiger partial charge in [0.15, 0.2) is 0 Å². The summed E-state index contributed by atoms with van der Waals surface area (Å²) >= 11 is 6.05. The molecule has 1 N–H and O–H groups in total. The number of hydrogen-bond donors (Lipinski definition) is 1. The van der Waals surface area contributed by atoms with Crippen molar-refractivity contribution in [1.82, 2.24) is 15.1 Å². The molecule has 4 rings (SSSR count). The van der Waals surface area contributed by atoms with Crippen molar-refractivity contribution < 1.29 is 9.59 Å². The highest BCUT2D eigenvalue weighted by Gasteiger charge is 2.63. The van der Waals surface area contributed by atoms with Crippen LogP contribution in [-0.4, -0.2) is 61.9 Å². The number of hydrogen-bond acceptors (Lipinski definition) is 3. The molecule has 1 aliphatic carbocycles. The Morgan fingerprint density at radius 3 is 2.59 bits per heavy atom. The largest absolute Gasteiger partial charge is 0.359 e. The molecule has 2 saturated heterocycles. The summed E-state index contributed by atoms with van der Waals surface area (Å²) in [5, 5.41) is 3.51. The molecule has 146 valence electrons. The number of amides is 2. The Kier molecular flexibility index (Phi) is 4.71. The Balaban J connectivity index is 1.50. The number of benzene rings is 1. The monoisotopic (exact) mass is 389 g/mol. The van der Waals surface area contributed by atoms with Crippen molar-refractivity contribution in [1.29, 1.82) is 0 Å². The van der Waals surface area contributed by atoms with E-state index in [9.17, 15) is 9.59 Å². The van der Waals surface area contributed by atoms with Gasteiger partial charge in [0.05, 0.1) is 5.41 Å². The quantitative estimate of drug-likeness (QED) is 0.846. The summed E-state index contributed by atoms with van der Waals surface area (Å²) in [6.07, 6.45) is 4.02. The van der Waals surface area contributed by atoms with Crippen LogP contribution in [0.4, 0.5) is 0 Å². The predicted octanol–water partition coefficient (Wildman–Crippen LogP) is 2.65. The zero-order chi connectivity index (χ0) is 19.2. The first-order valence-corrected chi connectivity index (χ1v) is 10.2. The third kappa shape index (κ3) is 2.95. The molecule has 1 aromatic carbocycles. The van der Waals surface area contributed by atoms with E-state index >= 15 is 0 Å². The lowest BCUT2D eigenvalue weighted by Gasteiger charge is -2.44. The predicted molar refractivity (Wildman–Crippen MR) is 106 cm³/mol. The lowest BCUT2D eigenvalue weighted by atomic mass is 9.65. The molecule has 2 heterocycles. The minimum absolute atomic E-state index is 0.0615. The highest BCUT2D eigenvalue weighted by atomic mass is 35.5. The van der Waals surface area contributed by atoms with E-state index < -0.39 is 0 Å². The topological polar surface area (TPSA) is 52.7 Å². The first-order valence-electron chi connectivity index (χ1n) is 9.86. The van der Waals surface area contributed by atoms with Crippen LogP contribution in [0.5, 0.6) is 0 Å². The lowest BCUT2D eigenvalue weighted by molar-refractivity contribution is -0.132. The number of piperidine rings is 1.